The van der Waals surface area contributed by atoms with Crippen LogP contribution in [0.4, 0.5) is 0 Å². The average Bonchev–Trinajstić information content (AvgIpc) is 3.03. The molecule has 25 heavy (non-hydrogen) atoms. The quantitative estimate of drug-likeness (QED) is 0.713. The van der Waals surface area contributed by atoms with Gasteiger partial charge in [-0.25, -0.2) is 0 Å². The number of nitrogens with zero attached hydrogens (tertiary/aromatic N) is 2. The topological polar surface area (TPSA) is 34.5 Å². The summed E-state index contributed by atoms with van der Waals surface area (Å²) in [5.41, 5.74) is 2.09. The Morgan fingerprint density at radius 2 is 2.00 bits per heavy atom. The van der Waals surface area contributed by atoms with Crippen LogP contribution < -0.4 is 0 Å². The fourth-order valence-electron chi connectivity index (χ4n) is 3.27. The Kier molecular flexibility index (Phi) is 6.05. The highest BCUT2D eigenvalue weighted by molar-refractivity contribution is 6.35. The minimum absolute atomic E-state index is 0.0358. The zero-order chi connectivity index (χ0) is 17.8. The predicted octanol–water partition coefficient (Wildman–Crippen LogP) is 4.56. The fourth-order valence-corrected chi connectivity index (χ4v) is 3.77. The summed E-state index contributed by atoms with van der Waals surface area (Å²) in [5.74, 6) is -0.0211. The van der Waals surface area contributed by atoms with E-state index in [1.807, 2.05) is 31.3 Å². The van der Waals surface area contributed by atoms with E-state index in [1.54, 1.807) is 6.07 Å². The van der Waals surface area contributed by atoms with Crippen molar-refractivity contribution in [1.82, 2.24) is 9.47 Å². The molecule has 1 aliphatic heterocycles. The van der Waals surface area contributed by atoms with Gasteiger partial charge in [-0.15, -0.1) is 0 Å². The first-order chi connectivity index (χ1) is 12.1. The molecular weight excluding hydrogens is 359 g/mol. The number of carbonyl (C=O) groups excluding carboxylic acids is 1. The molecule has 0 saturated carbocycles. The van der Waals surface area contributed by atoms with Crippen LogP contribution >= 0.6 is 23.2 Å². The van der Waals surface area contributed by atoms with E-state index in [2.05, 4.69) is 15.5 Å². The number of piperidine rings is 1. The minimum atomic E-state index is -0.0570. The molecule has 2 heterocycles. The number of hydrogen-bond donors (Lipinski definition) is 0. The van der Waals surface area contributed by atoms with Crippen LogP contribution in [0.15, 0.2) is 36.5 Å². The van der Waals surface area contributed by atoms with Crippen LogP contribution in [0.25, 0.3) is 5.69 Å². The van der Waals surface area contributed by atoms with Gasteiger partial charge in [-0.05, 0) is 63.2 Å². The number of esters is 1. The van der Waals surface area contributed by atoms with Gasteiger partial charge in [0, 0.05) is 23.5 Å². The van der Waals surface area contributed by atoms with E-state index in [9.17, 15) is 4.79 Å². The van der Waals surface area contributed by atoms with Crippen molar-refractivity contribution in [2.45, 2.75) is 26.3 Å². The lowest BCUT2D eigenvalue weighted by molar-refractivity contribution is -0.149. The lowest BCUT2D eigenvalue weighted by Gasteiger charge is -2.31. The number of aromatic nitrogens is 1. The fraction of sp³-hybridized carbons (Fsp3) is 0.421. The smallest absolute Gasteiger partial charge is 0.309 e. The second kappa shape index (κ2) is 8.26. The first-order valence-electron chi connectivity index (χ1n) is 8.59. The molecule has 0 unspecified atom stereocenters. The lowest BCUT2D eigenvalue weighted by Crippen LogP contribution is -2.36. The maximum absolute atomic E-state index is 11.9. The van der Waals surface area contributed by atoms with Crippen molar-refractivity contribution >= 4 is 29.2 Å². The Bertz CT molecular complexity index is 737. The maximum atomic E-state index is 11.9. The molecule has 0 atom stereocenters. The molecule has 1 fully saturated rings. The van der Waals surface area contributed by atoms with Crippen LogP contribution in [0.3, 0.4) is 0 Å². The normalized spacial score (nSPS) is 16.1. The van der Waals surface area contributed by atoms with E-state index in [1.165, 1.54) is 5.69 Å². The van der Waals surface area contributed by atoms with E-state index >= 15 is 0 Å². The first-order valence-corrected chi connectivity index (χ1v) is 9.34. The van der Waals surface area contributed by atoms with Gasteiger partial charge in [0.2, 0.25) is 0 Å². The second-order valence-electron chi connectivity index (χ2n) is 6.27. The van der Waals surface area contributed by atoms with Crippen molar-refractivity contribution in [1.29, 1.82) is 0 Å². The van der Waals surface area contributed by atoms with Crippen LogP contribution in [-0.2, 0) is 16.1 Å². The molecule has 0 aliphatic carbocycles. The third-order valence-corrected chi connectivity index (χ3v) is 5.13. The van der Waals surface area contributed by atoms with Crippen molar-refractivity contribution in [2.75, 3.05) is 19.7 Å². The highest BCUT2D eigenvalue weighted by Crippen LogP contribution is 2.27. The highest BCUT2D eigenvalue weighted by Gasteiger charge is 2.26. The number of benzene rings is 1. The number of hydrogen-bond acceptors (Lipinski definition) is 3. The molecule has 1 aromatic heterocycles. The third kappa shape index (κ3) is 4.38. The van der Waals surface area contributed by atoms with Gasteiger partial charge in [0.05, 0.1) is 23.2 Å². The van der Waals surface area contributed by atoms with E-state index in [-0.39, 0.29) is 11.9 Å². The molecule has 0 bridgehead atoms. The molecule has 3 rings (SSSR count). The van der Waals surface area contributed by atoms with Gasteiger partial charge in [-0.1, -0.05) is 23.2 Å². The molecule has 0 spiro atoms. The summed E-state index contributed by atoms with van der Waals surface area (Å²) in [4.78, 5) is 14.2. The highest BCUT2D eigenvalue weighted by atomic mass is 35.5. The molecule has 1 saturated heterocycles. The Morgan fingerprint density at radius 3 is 2.68 bits per heavy atom. The van der Waals surface area contributed by atoms with Crippen LogP contribution in [0, 0.1) is 5.92 Å². The SMILES string of the molecule is CCOC(=O)C1CCN(Cc2cccn2-c2ccc(Cl)cc2Cl)CC1. The minimum Gasteiger partial charge on any atom is -0.466 e. The van der Waals surface area contributed by atoms with E-state index < -0.39 is 0 Å². The van der Waals surface area contributed by atoms with Gasteiger partial charge in [0.25, 0.3) is 0 Å². The average molecular weight is 381 g/mol. The summed E-state index contributed by atoms with van der Waals surface area (Å²) in [7, 11) is 0. The molecule has 4 nitrogen and oxygen atoms in total. The molecule has 0 N–H and O–H groups in total. The van der Waals surface area contributed by atoms with Gasteiger partial charge in [0.1, 0.15) is 0 Å². The summed E-state index contributed by atoms with van der Waals surface area (Å²) in [5, 5.41) is 1.26. The van der Waals surface area contributed by atoms with E-state index in [0.717, 1.165) is 38.2 Å². The van der Waals surface area contributed by atoms with Gasteiger partial charge in [0.15, 0.2) is 0 Å². The van der Waals surface area contributed by atoms with Gasteiger partial charge < -0.3 is 9.30 Å². The Hall–Kier alpha value is -1.49. The number of rotatable bonds is 5. The van der Waals surface area contributed by atoms with Crippen LogP contribution in [0.2, 0.25) is 10.0 Å². The summed E-state index contributed by atoms with van der Waals surface area (Å²) in [6.45, 7) is 4.91. The van der Waals surface area contributed by atoms with Crippen molar-refractivity contribution < 1.29 is 9.53 Å². The zero-order valence-corrected chi connectivity index (χ0v) is 15.8. The van der Waals surface area contributed by atoms with Crippen LogP contribution in [-0.4, -0.2) is 35.1 Å². The van der Waals surface area contributed by atoms with Crippen molar-refractivity contribution in [2.24, 2.45) is 5.92 Å². The largest absolute Gasteiger partial charge is 0.466 e. The lowest BCUT2D eigenvalue weighted by atomic mass is 9.97. The standard InChI is InChI=1S/C19H22Cl2N2O2/c1-2-25-19(24)14-7-10-22(11-8-14)13-16-4-3-9-23(16)18-6-5-15(20)12-17(18)21/h3-6,9,12,14H,2,7-8,10-11,13H2,1H3. The predicted molar refractivity (Wildman–Crippen MR) is 100 cm³/mol. The maximum Gasteiger partial charge on any atom is 0.309 e. The molecule has 2 aromatic rings. The Balaban J connectivity index is 1.66. The van der Waals surface area contributed by atoms with E-state index in [0.29, 0.717) is 16.7 Å². The number of ether oxygens (including phenoxy) is 1. The van der Waals surface area contributed by atoms with Crippen molar-refractivity contribution in [3.8, 4) is 5.69 Å². The summed E-state index contributed by atoms with van der Waals surface area (Å²) >= 11 is 12.3. The number of carbonyl (C=O) groups is 1. The number of likely N-dealkylation sites (tertiary alicyclic amines) is 1. The summed E-state index contributed by atoms with van der Waals surface area (Å²) < 4.78 is 7.23. The Labute approximate surface area is 158 Å². The summed E-state index contributed by atoms with van der Waals surface area (Å²) in [6, 6.07) is 9.65. The molecule has 0 amide bonds. The van der Waals surface area contributed by atoms with Gasteiger partial charge in [-0.3, -0.25) is 9.69 Å². The Morgan fingerprint density at radius 1 is 1.24 bits per heavy atom. The molecule has 1 aliphatic rings. The van der Waals surface area contributed by atoms with Gasteiger partial charge in [-0.2, -0.15) is 0 Å². The zero-order valence-electron chi connectivity index (χ0n) is 14.3. The molecule has 134 valence electrons. The summed E-state index contributed by atoms with van der Waals surface area (Å²) in [6.07, 6.45) is 3.71. The van der Waals surface area contributed by atoms with E-state index in [4.69, 9.17) is 27.9 Å². The van der Waals surface area contributed by atoms with Crippen LogP contribution in [0.1, 0.15) is 25.5 Å². The van der Waals surface area contributed by atoms with Crippen LogP contribution in [0.5, 0.6) is 0 Å². The molecule has 0 radical (unpaired) electrons. The third-order valence-electron chi connectivity index (χ3n) is 4.60. The van der Waals surface area contributed by atoms with Gasteiger partial charge >= 0.3 is 5.97 Å². The van der Waals surface area contributed by atoms with Crippen molar-refractivity contribution in [3.63, 3.8) is 0 Å². The second-order valence-corrected chi connectivity index (χ2v) is 7.11. The molecule has 6 heteroatoms. The molecule has 1 aromatic carbocycles. The monoisotopic (exact) mass is 380 g/mol. The van der Waals surface area contributed by atoms with Crippen molar-refractivity contribution in [3.05, 3.63) is 52.3 Å². The number of halogens is 2. The first kappa shape index (κ1) is 18.3. The molecular formula is C19H22Cl2N2O2.